The third kappa shape index (κ3) is 5.57. The summed E-state index contributed by atoms with van der Waals surface area (Å²) in [5.41, 5.74) is 0.280. The second-order valence-electron chi connectivity index (χ2n) is 7.28. The monoisotopic (exact) mass is 486 g/mol. The summed E-state index contributed by atoms with van der Waals surface area (Å²) < 4.78 is 55.9. The zero-order valence-corrected chi connectivity index (χ0v) is 19.4. The molecule has 1 amide bonds. The Bertz CT molecular complexity index is 1170. The zero-order chi connectivity index (χ0) is 22.8. The number of sulfone groups is 1. The number of nitrogens with one attached hydrogen (secondary N) is 1. The molecule has 0 bridgehead atoms. The molecule has 0 aromatic heterocycles. The summed E-state index contributed by atoms with van der Waals surface area (Å²) >= 11 is 5.85. The first-order valence-corrected chi connectivity index (χ1v) is 13.2. The summed E-state index contributed by atoms with van der Waals surface area (Å²) in [6, 6.07) is 10.1. The highest BCUT2D eigenvalue weighted by Gasteiger charge is 2.29. The largest absolute Gasteiger partial charge is 0.497 e. The molecule has 1 fully saturated rings. The van der Waals surface area contributed by atoms with Gasteiger partial charge in [0.15, 0.2) is 0 Å². The van der Waals surface area contributed by atoms with E-state index in [2.05, 4.69) is 5.32 Å². The summed E-state index contributed by atoms with van der Waals surface area (Å²) in [5, 5.41) is 3.16. The SMILES string of the molecule is COc1cc(NC(=O)C2CCN(S(C)(=O)=O)CC2)cc(S(=O)(=O)c2ccc(Cl)cc2)c1. The Hall–Kier alpha value is -2.14. The Morgan fingerprint density at radius 1 is 1.03 bits per heavy atom. The molecule has 1 saturated heterocycles. The first kappa shape index (κ1) is 23.5. The lowest BCUT2D eigenvalue weighted by Gasteiger charge is -2.29. The van der Waals surface area contributed by atoms with E-state index in [1.807, 2.05) is 0 Å². The molecule has 1 heterocycles. The summed E-state index contributed by atoms with van der Waals surface area (Å²) in [6.45, 7) is 0.538. The van der Waals surface area contributed by atoms with Gasteiger partial charge in [0.05, 0.1) is 23.2 Å². The van der Waals surface area contributed by atoms with Gasteiger partial charge < -0.3 is 10.1 Å². The minimum Gasteiger partial charge on any atom is -0.497 e. The molecule has 0 radical (unpaired) electrons. The number of hydrogen-bond donors (Lipinski definition) is 1. The molecule has 8 nitrogen and oxygen atoms in total. The number of methoxy groups -OCH3 is 1. The Morgan fingerprint density at radius 2 is 1.65 bits per heavy atom. The van der Waals surface area contributed by atoms with Crippen LogP contribution in [0.5, 0.6) is 5.75 Å². The number of sulfonamides is 1. The number of anilines is 1. The molecule has 2 aromatic carbocycles. The average molecular weight is 487 g/mol. The van der Waals surface area contributed by atoms with Crippen LogP contribution in [0.4, 0.5) is 5.69 Å². The molecule has 0 atom stereocenters. The van der Waals surface area contributed by atoms with Gasteiger partial charge >= 0.3 is 0 Å². The summed E-state index contributed by atoms with van der Waals surface area (Å²) in [5.74, 6) is -0.394. The maximum absolute atomic E-state index is 13.0. The molecule has 3 rings (SSSR count). The van der Waals surface area contributed by atoms with Crippen molar-refractivity contribution in [2.45, 2.75) is 22.6 Å². The van der Waals surface area contributed by atoms with Gasteiger partial charge in [0.2, 0.25) is 25.8 Å². The van der Waals surface area contributed by atoms with E-state index in [9.17, 15) is 21.6 Å². The van der Waals surface area contributed by atoms with Gasteiger partial charge in [0.25, 0.3) is 0 Å². The molecule has 0 unspecified atom stereocenters. The number of amides is 1. The molecule has 0 aliphatic carbocycles. The highest BCUT2D eigenvalue weighted by Crippen LogP contribution is 2.30. The highest BCUT2D eigenvalue weighted by molar-refractivity contribution is 7.91. The maximum atomic E-state index is 13.0. The van der Waals surface area contributed by atoms with Crippen LogP contribution in [0.2, 0.25) is 5.02 Å². The number of hydrogen-bond acceptors (Lipinski definition) is 6. The number of halogens is 1. The number of carbonyl (C=O) groups excluding carboxylic acids is 1. The minimum atomic E-state index is -3.86. The average Bonchev–Trinajstić information content (AvgIpc) is 2.73. The Morgan fingerprint density at radius 3 is 2.19 bits per heavy atom. The first-order valence-electron chi connectivity index (χ1n) is 9.46. The highest BCUT2D eigenvalue weighted by atomic mass is 35.5. The number of benzene rings is 2. The van der Waals surface area contributed by atoms with Crippen molar-refractivity contribution in [2.75, 3.05) is 31.8 Å². The van der Waals surface area contributed by atoms with Gasteiger partial charge in [-0.15, -0.1) is 0 Å². The lowest BCUT2D eigenvalue weighted by molar-refractivity contribution is -0.120. The second-order valence-corrected chi connectivity index (χ2v) is 11.6. The van der Waals surface area contributed by atoms with Crippen molar-refractivity contribution in [1.82, 2.24) is 4.31 Å². The van der Waals surface area contributed by atoms with Crippen molar-refractivity contribution < 1.29 is 26.4 Å². The first-order chi connectivity index (χ1) is 14.5. The van der Waals surface area contributed by atoms with Gasteiger partial charge in [-0.25, -0.2) is 21.1 Å². The number of nitrogens with zero attached hydrogens (tertiary/aromatic N) is 1. The van der Waals surface area contributed by atoms with Gasteiger partial charge in [0, 0.05) is 35.8 Å². The smallest absolute Gasteiger partial charge is 0.227 e. The van der Waals surface area contributed by atoms with Crippen LogP contribution in [0, 0.1) is 5.92 Å². The van der Waals surface area contributed by atoms with Crippen LogP contribution < -0.4 is 10.1 Å². The molecule has 1 aliphatic rings. The molecular weight excluding hydrogens is 464 g/mol. The fraction of sp³-hybridized carbons (Fsp3) is 0.350. The Kier molecular flexibility index (Phi) is 6.95. The van der Waals surface area contributed by atoms with Crippen LogP contribution in [-0.2, 0) is 24.7 Å². The summed E-state index contributed by atoms with van der Waals surface area (Å²) in [6.07, 6.45) is 1.92. The van der Waals surface area contributed by atoms with E-state index in [0.717, 1.165) is 6.26 Å². The van der Waals surface area contributed by atoms with E-state index < -0.39 is 19.9 Å². The molecule has 1 N–H and O–H groups in total. The van der Waals surface area contributed by atoms with E-state index in [1.54, 1.807) is 0 Å². The van der Waals surface area contributed by atoms with Crippen LogP contribution in [0.25, 0.3) is 0 Å². The quantitative estimate of drug-likeness (QED) is 0.672. The topological polar surface area (TPSA) is 110 Å². The van der Waals surface area contributed by atoms with Crippen molar-refractivity contribution in [3.05, 3.63) is 47.5 Å². The van der Waals surface area contributed by atoms with Crippen molar-refractivity contribution in [1.29, 1.82) is 0 Å². The number of ether oxygens (including phenoxy) is 1. The third-order valence-electron chi connectivity index (χ3n) is 5.11. The van der Waals surface area contributed by atoms with E-state index in [-0.39, 0.29) is 46.1 Å². The van der Waals surface area contributed by atoms with Gasteiger partial charge in [-0.1, -0.05) is 11.6 Å². The van der Waals surface area contributed by atoms with E-state index in [0.29, 0.717) is 17.9 Å². The van der Waals surface area contributed by atoms with Gasteiger partial charge in [-0.2, -0.15) is 0 Å². The minimum absolute atomic E-state index is 0.0311. The second kappa shape index (κ2) is 9.15. The normalized spacial score (nSPS) is 16.1. The molecular formula is C20H23ClN2O6S2. The summed E-state index contributed by atoms with van der Waals surface area (Å²) in [7, 11) is -5.74. The predicted octanol–water partition coefficient (Wildman–Crippen LogP) is 2.79. The van der Waals surface area contributed by atoms with E-state index >= 15 is 0 Å². The number of piperidine rings is 1. The Balaban J connectivity index is 1.81. The van der Waals surface area contributed by atoms with Gasteiger partial charge in [-0.3, -0.25) is 4.79 Å². The van der Waals surface area contributed by atoms with Crippen molar-refractivity contribution >= 4 is 43.1 Å². The van der Waals surface area contributed by atoms with E-state index in [1.165, 1.54) is 53.9 Å². The summed E-state index contributed by atoms with van der Waals surface area (Å²) in [4.78, 5) is 12.7. The van der Waals surface area contributed by atoms with E-state index in [4.69, 9.17) is 16.3 Å². The molecule has 2 aromatic rings. The lowest BCUT2D eigenvalue weighted by Crippen LogP contribution is -2.40. The van der Waals surface area contributed by atoms with Crippen LogP contribution >= 0.6 is 11.6 Å². The molecule has 31 heavy (non-hydrogen) atoms. The van der Waals surface area contributed by atoms with Crippen molar-refractivity contribution in [2.24, 2.45) is 5.92 Å². The van der Waals surface area contributed by atoms with Crippen molar-refractivity contribution in [3.63, 3.8) is 0 Å². The Labute approximate surface area is 187 Å². The number of carbonyl (C=O) groups is 1. The third-order valence-corrected chi connectivity index (χ3v) is 8.42. The molecule has 11 heteroatoms. The van der Waals surface area contributed by atoms with Crippen LogP contribution in [0.1, 0.15) is 12.8 Å². The molecule has 1 aliphatic heterocycles. The van der Waals surface area contributed by atoms with Crippen LogP contribution in [-0.4, -0.2) is 53.5 Å². The van der Waals surface area contributed by atoms with Crippen molar-refractivity contribution in [3.8, 4) is 5.75 Å². The van der Waals surface area contributed by atoms with Gasteiger partial charge in [0.1, 0.15) is 5.75 Å². The fourth-order valence-electron chi connectivity index (χ4n) is 3.36. The van der Waals surface area contributed by atoms with Crippen LogP contribution in [0.3, 0.4) is 0 Å². The molecule has 168 valence electrons. The van der Waals surface area contributed by atoms with Crippen LogP contribution in [0.15, 0.2) is 52.3 Å². The predicted molar refractivity (Wildman–Crippen MR) is 118 cm³/mol. The molecule has 0 saturated carbocycles. The van der Waals surface area contributed by atoms with Gasteiger partial charge in [-0.05, 0) is 49.2 Å². The number of rotatable bonds is 6. The molecule has 0 spiro atoms. The standard InChI is InChI=1S/C20H23ClN2O6S2/c1-29-17-11-16(22-20(24)14-7-9-23(10-8-14)30(2,25)26)12-19(13-17)31(27,28)18-5-3-15(21)4-6-18/h3-6,11-14H,7-10H2,1-2H3,(H,22,24). The fourth-order valence-corrected chi connectivity index (χ4v) is 5.68. The zero-order valence-electron chi connectivity index (χ0n) is 17.0. The lowest BCUT2D eigenvalue weighted by atomic mass is 9.97. The maximum Gasteiger partial charge on any atom is 0.227 e.